The van der Waals surface area contributed by atoms with Crippen molar-refractivity contribution in [3.8, 4) is 0 Å². The third kappa shape index (κ3) is 4.33. The highest BCUT2D eigenvalue weighted by Gasteiger charge is 2.25. The second kappa shape index (κ2) is 7.25. The highest BCUT2D eigenvalue weighted by Crippen LogP contribution is 2.22. The molecular formula is C16H29N3O. The van der Waals surface area contributed by atoms with Crippen molar-refractivity contribution in [2.24, 2.45) is 0 Å². The maximum atomic E-state index is 5.64. The summed E-state index contributed by atoms with van der Waals surface area (Å²) >= 11 is 0. The largest absolute Gasteiger partial charge is 0.468 e. The van der Waals surface area contributed by atoms with E-state index in [1.54, 1.807) is 0 Å². The Bertz CT molecular complexity index is 400. The maximum absolute atomic E-state index is 5.64. The van der Waals surface area contributed by atoms with Gasteiger partial charge < -0.3 is 14.6 Å². The van der Waals surface area contributed by atoms with E-state index in [0.717, 1.165) is 25.4 Å². The van der Waals surface area contributed by atoms with Gasteiger partial charge in [-0.3, -0.25) is 4.90 Å². The average Bonchev–Trinajstić information content (AvgIpc) is 2.97. The summed E-state index contributed by atoms with van der Waals surface area (Å²) in [6.45, 7) is 8.53. The predicted molar refractivity (Wildman–Crippen MR) is 82.7 cm³/mol. The summed E-state index contributed by atoms with van der Waals surface area (Å²) < 4.78 is 5.64. The topological polar surface area (TPSA) is 31.7 Å². The molecule has 2 heterocycles. The first-order chi connectivity index (χ1) is 9.56. The molecule has 1 aromatic heterocycles. The maximum Gasteiger partial charge on any atom is 0.122 e. The molecule has 1 aromatic rings. The molecular weight excluding hydrogens is 250 g/mol. The zero-order valence-corrected chi connectivity index (χ0v) is 13.4. The molecule has 2 rings (SSSR count). The SMILES string of the molecule is CC(C)NCc1occc1CN1CCCC1CN(C)C. The van der Waals surface area contributed by atoms with Crippen LogP contribution in [-0.4, -0.2) is 49.1 Å². The van der Waals surface area contributed by atoms with Crippen molar-refractivity contribution < 1.29 is 4.42 Å². The Morgan fingerprint density at radius 2 is 2.25 bits per heavy atom. The van der Waals surface area contributed by atoms with Crippen molar-refractivity contribution in [2.45, 2.75) is 51.9 Å². The van der Waals surface area contributed by atoms with Crippen LogP contribution in [-0.2, 0) is 13.1 Å². The van der Waals surface area contributed by atoms with Crippen LogP contribution in [0, 0.1) is 0 Å². The van der Waals surface area contributed by atoms with E-state index in [1.165, 1.54) is 24.9 Å². The van der Waals surface area contributed by atoms with Crippen LogP contribution >= 0.6 is 0 Å². The molecule has 0 saturated carbocycles. The lowest BCUT2D eigenvalue weighted by molar-refractivity contribution is 0.199. The van der Waals surface area contributed by atoms with Crippen LogP contribution in [0.4, 0.5) is 0 Å². The minimum atomic E-state index is 0.487. The molecule has 0 spiro atoms. The van der Waals surface area contributed by atoms with Crippen molar-refractivity contribution in [1.82, 2.24) is 15.1 Å². The van der Waals surface area contributed by atoms with Gasteiger partial charge in [-0.15, -0.1) is 0 Å². The smallest absolute Gasteiger partial charge is 0.122 e. The third-order valence-corrected chi connectivity index (χ3v) is 3.96. The van der Waals surface area contributed by atoms with Gasteiger partial charge in [0.15, 0.2) is 0 Å². The highest BCUT2D eigenvalue weighted by atomic mass is 16.3. The van der Waals surface area contributed by atoms with Gasteiger partial charge >= 0.3 is 0 Å². The van der Waals surface area contributed by atoms with E-state index in [1.807, 2.05) is 6.26 Å². The zero-order valence-electron chi connectivity index (χ0n) is 13.4. The fourth-order valence-electron chi connectivity index (χ4n) is 2.91. The number of nitrogens with one attached hydrogen (secondary N) is 1. The second-order valence-corrected chi connectivity index (χ2v) is 6.43. The molecule has 114 valence electrons. The molecule has 20 heavy (non-hydrogen) atoms. The molecule has 1 atom stereocenters. The lowest BCUT2D eigenvalue weighted by Gasteiger charge is -2.27. The minimum Gasteiger partial charge on any atom is -0.468 e. The molecule has 1 saturated heterocycles. The monoisotopic (exact) mass is 279 g/mol. The molecule has 1 fully saturated rings. The van der Waals surface area contributed by atoms with E-state index in [2.05, 4.69) is 49.1 Å². The summed E-state index contributed by atoms with van der Waals surface area (Å²) in [6, 6.07) is 3.30. The molecule has 0 bridgehead atoms. The van der Waals surface area contributed by atoms with Gasteiger partial charge in [-0.25, -0.2) is 0 Å². The molecule has 1 N–H and O–H groups in total. The van der Waals surface area contributed by atoms with E-state index >= 15 is 0 Å². The molecule has 1 aliphatic heterocycles. The summed E-state index contributed by atoms with van der Waals surface area (Å²) in [5.74, 6) is 1.09. The summed E-state index contributed by atoms with van der Waals surface area (Å²) in [5, 5.41) is 3.44. The van der Waals surface area contributed by atoms with Gasteiger partial charge in [0.25, 0.3) is 0 Å². The first kappa shape index (κ1) is 15.5. The van der Waals surface area contributed by atoms with E-state index in [4.69, 9.17) is 4.42 Å². The molecule has 4 heteroatoms. The van der Waals surface area contributed by atoms with Gasteiger partial charge in [0.2, 0.25) is 0 Å². The van der Waals surface area contributed by atoms with Crippen LogP contribution in [0.2, 0.25) is 0 Å². The fraction of sp³-hybridized carbons (Fsp3) is 0.750. The Labute approximate surface area is 123 Å². The minimum absolute atomic E-state index is 0.487. The molecule has 1 unspecified atom stereocenters. The average molecular weight is 279 g/mol. The van der Waals surface area contributed by atoms with Gasteiger partial charge in [-0.05, 0) is 39.5 Å². The zero-order chi connectivity index (χ0) is 14.5. The second-order valence-electron chi connectivity index (χ2n) is 6.43. The van der Waals surface area contributed by atoms with Crippen molar-refractivity contribution in [3.63, 3.8) is 0 Å². The quantitative estimate of drug-likeness (QED) is 0.830. The normalized spacial score (nSPS) is 20.4. The van der Waals surface area contributed by atoms with Crippen molar-refractivity contribution in [2.75, 3.05) is 27.2 Å². The number of furan rings is 1. The summed E-state index contributed by atoms with van der Waals surface area (Å²) in [5.41, 5.74) is 1.34. The Kier molecular flexibility index (Phi) is 5.64. The van der Waals surface area contributed by atoms with Crippen molar-refractivity contribution >= 4 is 0 Å². The fourth-order valence-corrected chi connectivity index (χ4v) is 2.91. The van der Waals surface area contributed by atoms with E-state index < -0.39 is 0 Å². The molecule has 0 radical (unpaired) electrons. The number of hydrogen-bond donors (Lipinski definition) is 1. The summed E-state index contributed by atoms with van der Waals surface area (Å²) in [7, 11) is 4.32. The molecule has 4 nitrogen and oxygen atoms in total. The first-order valence-corrected chi connectivity index (χ1v) is 7.73. The van der Waals surface area contributed by atoms with Crippen molar-refractivity contribution in [1.29, 1.82) is 0 Å². The van der Waals surface area contributed by atoms with Gasteiger partial charge in [-0.1, -0.05) is 13.8 Å². The van der Waals surface area contributed by atoms with E-state index in [9.17, 15) is 0 Å². The Morgan fingerprint density at radius 1 is 1.45 bits per heavy atom. The van der Waals surface area contributed by atoms with Crippen LogP contribution in [0.15, 0.2) is 16.7 Å². The highest BCUT2D eigenvalue weighted by molar-refractivity contribution is 5.17. The number of hydrogen-bond acceptors (Lipinski definition) is 4. The van der Waals surface area contributed by atoms with Crippen LogP contribution in [0.25, 0.3) is 0 Å². The predicted octanol–water partition coefficient (Wildman–Crippen LogP) is 2.30. The third-order valence-electron chi connectivity index (χ3n) is 3.96. The summed E-state index contributed by atoms with van der Waals surface area (Å²) in [4.78, 5) is 4.89. The number of likely N-dealkylation sites (N-methyl/N-ethyl adjacent to an activating group) is 1. The van der Waals surface area contributed by atoms with Gasteiger partial charge in [0, 0.05) is 30.7 Å². The molecule has 0 aliphatic carbocycles. The molecule has 1 aliphatic rings. The van der Waals surface area contributed by atoms with E-state index in [0.29, 0.717) is 12.1 Å². The first-order valence-electron chi connectivity index (χ1n) is 7.73. The van der Waals surface area contributed by atoms with Gasteiger partial charge in [-0.2, -0.15) is 0 Å². The Hall–Kier alpha value is -0.840. The van der Waals surface area contributed by atoms with Crippen LogP contribution in [0.5, 0.6) is 0 Å². The summed E-state index contributed by atoms with van der Waals surface area (Å²) in [6.07, 6.45) is 4.45. The van der Waals surface area contributed by atoms with Crippen LogP contribution in [0.1, 0.15) is 38.0 Å². The Balaban J connectivity index is 1.93. The van der Waals surface area contributed by atoms with E-state index in [-0.39, 0.29) is 0 Å². The van der Waals surface area contributed by atoms with Crippen LogP contribution in [0.3, 0.4) is 0 Å². The Morgan fingerprint density at radius 3 is 2.95 bits per heavy atom. The number of rotatable bonds is 7. The molecule has 0 amide bonds. The standard InChI is InChI=1S/C16H29N3O/c1-13(2)17-10-16-14(7-9-20-16)11-19-8-5-6-15(19)12-18(3)4/h7,9,13,15,17H,5-6,8,10-12H2,1-4H3. The lowest BCUT2D eigenvalue weighted by Crippen LogP contribution is -2.37. The van der Waals surface area contributed by atoms with Gasteiger partial charge in [0.05, 0.1) is 12.8 Å². The number of nitrogens with zero attached hydrogens (tertiary/aromatic N) is 2. The lowest BCUT2D eigenvalue weighted by atomic mass is 10.2. The van der Waals surface area contributed by atoms with Gasteiger partial charge in [0.1, 0.15) is 5.76 Å². The van der Waals surface area contributed by atoms with Crippen molar-refractivity contribution in [3.05, 3.63) is 23.7 Å². The van der Waals surface area contributed by atoms with Crippen LogP contribution < -0.4 is 5.32 Å². The number of likely N-dealkylation sites (tertiary alicyclic amines) is 1. The molecule has 0 aromatic carbocycles.